The van der Waals surface area contributed by atoms with Gasteiger partial charge in [0.1, 0.15) is 5.82 Å². The average molecular weight is 614 g/mol. The first-order chi connectivity index (χ1) is 20.0. The third kappa shape index (κ3) is 7.22. The van der Waals surface area contributed by atoms with Crippen LogP contribution in [0.25, 0.3) is 11.1 Å². The third-order valence-corrected chi connectivity index (χ3v) is 8.24. The molecule has 0 saturated carbocycles. The van der Waals surface area contributed by atoms with E-state index in [1.54, 1.807) is 36.4 Å². The number of nitrogens with one attached hydrogen (secondary N) is 1. The number of aromatic nitrogens is 2. The van der Waals surface area contributed by atoms with Gasteiger partial charge in [-0.1, -0.05) is 66.2 Å². The number of aliphatic carboxylic acids is 1. The number of halogens is 2. The molecule has 0 spiro atoms. The average Bonchev–Trinajstić information content (AvgIpc) is 2.94. The monoisotopic (exact) mass is 613 g/mol. The summed E-state index contributed by atoms with van der Waals surface area (Å²) in [5.74, 6) is -1.76. The van der Waals surface area contributed by atoms with E-state index >= 15 is 4.39 Å². The Hall–Kier alpha value is -4.06. The predicted molar refractivity (Wildman–Crippen MR) is 158 cm³/mol. The molecule has 2 N–H and O–H groups in total. The molecule has 0 bridgehead atoms. The number of carbonyl (C=O) groups is 1. The van der Waals surface area contributed by atoms with Gasteiger partial charge in [0.2, 0.25) is 0 Å². The van der Waals surface area contributed by atoms with E-state index in [1.165, 1.54) is 18.3 Å². The molecular weight excluding hydrogens is 585 g/mol. The van der Waals surface area contributed by atoms with Crippen molar-refractivity contribution in [3.8, 4) is 11.1 Å². The molecule has 42 heavy (non-hydrogen) atoms. The van der Waals surface area contributed by atoms with Gasteiger partial charge in [0, 0.05) is 35.0 Å². The summed E-state index contributed by atoms with van der Waals surface area (Å²) in [4.78, 5) is 38.4. The molecule has 3 aromatic carbocycles. The largest absolute Gasteiger partial charge is 0.481 e. The first-order valence-electron chi connectivity index (χ1n) is 13.0. The number of hydrogen-bond donors (Lipinski definition) is 2. The maximum atomic E-state index is 15.0. The van der Waals surface area contributed by atoms with Crippen LogP contribution in [0.5, 0.6) is 0 Å². The Morgan fingerprint density at radius 1 is 1.00 bits per heavy atom. The number of hydrogen-bond acceptors (Lipinski definition) is 6. The van der Waals surface area contributed by atoms with E-state index in [0.29, 0.717) is 18.5 Å². The van der Waals surface area contributed by atoms with Crippen LogP contribution in [-0.4, -0.2) is 41.4 Å². The first kappa shape index (κ1) is 30.9. The first-order valence-corrected chi connectivity index (χ1v) is 15.3. The number of rotatable bonds is 12. The highest BCUT2D eigenvalue weighted by molar-refractivity contribution is 7.90. The summed E-state index contributed by atoms with van der Waals surface area (Å²) in [6, 6.07) is 18.7. The van der Waals surface area contributed by atoms with Crippen molar-refractivity contribution in [2.75, 3.05) is 12.8 Å². The molecule has 0 aliphatic carbocycles. The lowest BCUT2D eigenvalue weighted by Gasteiger charge is -2.22. The molecule has 9 nitrogen and oxygen atoms in total. The molecule has 0 radical (unpaired) electrons. The highest BCUT2D eigenvalue weighted by Gasteiger charge is 2.22. The molecule has 12 heteroatoms. The second kappa shape index (κ2) is 13.3. The molecule has 0 unspecified atom stereocenters. The summed E-state index contributed by atoms with van der Waals surface area (Å²) in [6.07, 6.45) is 2.47. The van der Waals surface area contributed by atoms with Crippen molar-refractivity contribution in [2.45, 2.75) is 36.9 Å². The minimum Gasteiger partial charge on any atom is -0.481 e. The SMILES string of the molecule is CS(=O)(=O)c1cccc(F)c1Cn1cc(-c2ccccc2Cl)c(=O)n(C[C@@H](NCCCC(=O)O)c2ccccc2)c1=O. The molecule has 1 aromatic heterocycles. The smallest absolute Gasteiger partial charge is 0.331 e. The lowest BCUT2D eigenvalue weighted by Crippen LogP contribution is -2.43. The van der Waals surface area contributed by atoms with E-state index in [2.05, 4.69) is 5.32 Å². The highest BCUT2D eigenvalue weighted by Crippen LogP contribution is 2.26. The van der Waals surface area contributed by atoms with Crippen LogP contribution in [0.1, 0.15) is 30.0 Å². The summed E-state index contributed by atoms with van der Waals surface area (Å²) in [5.41, 5.74) is -0.489. The Morgan fingerprint density at radius 3 is 2.36 bits per heavy atom. The Bertz CT molecular complexity index is 1820. The Kier molecular flexibility index (Phi) is 9.77. The summed E-state index contributed by atoms with van der Waals surface area (Å²) < 4.78 is 42.0. The standard InChI is InChI=1S/C30H29ClFN3O6S/c1-42(40,41)27-14-7-13-25(32)23(27)18-34-17-22(21-11-5-6-12-24(21)31)29(38)35(30(34)39)19-26(20-9-3-2-4-10-20)33-16-8-15-28(36)37/h2-7,9-14,17,26,33H,8,15-16,18-19H2,1H3,(H,36,37)/t26-/m1/s1. The fraction of sp³-hybridized carbons (Fsp3) is 0.233. The van der Waals surface area contributed by atoms with E-state index in [0.717, 1.165) is 27.0 Å². The zero-order valence-electron chi connectivity index (χ0n) is 22.7. The van der Waals surface area contributed by atoms with Gasteiger partial charge in [-0.25, -0.2) is 17.6 Å². The fourth-order valence-corrected chi connectivity index (χ4v) is 5.85. The molecule has 0 fully saturated rings. The Balaban J connectivity index is 1.88. The van der Waals surface area contributed by atoms with Gasteiger partial charge in [-0.15, -0.1) is 0 Å². The second-order valence-corrected chi connectivity index (χ2v) is 12.1. The number of nitrogens with zero attached hydrogens (tertiary/aromatic N) is 2. The van der Waals surface area contributed by atoms with Gasteiger partial charge < -0.3 is 10.4 Å². The summed E-state index contributed by atoms with van der Waals surface area (Å²) in [6.45, 7) is -0.317. The van der Waals surface area contributed by atoms with Crippen LogP contribution in [0.3, 0.4) is 0 Å². The van der Waals surface area contributed by atoms with Gasteiger partial charge >= 0.3 is 11.7 Å². The van der Waals surface area contributed by atoms with E-state index in [4.69, 9.17) is 16.7 Å². The van der Waals surface area contributed by atoms with Gasteiger partial charge in [-0.3, -0.25) is 18.7 Å². The summed E-state index contributed by atoms with van der Waals surface area (Å²) in [7, 11) is -3.85. The molecule has 1 heterocycles. The van der Waals surface area contributed by atoms with Crippen LogP contribution in [0.2, 0.25) is 5.02 Å². The van der Waals surface area contributed by atoms with E-state index < -0.39 is 45.5 Å². The number of carboxylic acids is 1. The maximum absolute atomic E-state index is 15.0. The zero-order chi connectivity index (χ0) is 30.4. The number of sulfone groups is 1. The van der Waals surface area contributed by atoms with Crippen molar-refractivity contribution < 1.29 is 22.7 Å². The van der Waals surface area contributed by atoms with E-state index in [1.807, 2.05) is 18.2 Å². The van der Waals surface area contributed by atoms with Gasteiger partial charge in [0.05, 0.1) is 29.6 Å². The van der Waals surface area contributed by atoms with Crippen molar-refractivity contribution in [3.63, 3.8) is 0 Å². The highest BCUT2D eigenvalue weighted by atomic mass is 35.5. The molecule has 0 aliphatic heterocycles. The van der Waals surface area contributed by atoms with Gasteiger partial charge in [-0.2, -0.15) is 0 Å². The maximum Gasteiger partial charge on any atom is 0.331 e. The predicted octanol–water partition coefficient (Wildman–Crippen LogP) is 4.12. The zero-order valence-corrected chi connectivity index (χ0v) is 24.2. The molecule has 220 valence electrons. The summed E-state index contributed by atoms with van der Waals surface area (Å²) >= 11 is 6.42. The van der Waals surface area contributed by atoms with Crippen LogP contribution < -0.4 is 16.6 Å². The second-order valence-electron chi connectivity index (χ2n) is 9.75. The van der Waals surface area contributed by atoms with Gasteiger partial charge in [0.25, 0.3) is 5.56 Å². The molecule has 4 rings (SSSR count). The van der Waals surface area contributed by atoms with Crippen molar-refractivity contribution in [3.05, 3.63) is 122 Å². The molecular formula is C30H29ClFN3O6S. The van der Waals surface area contributed by atoms with Crippen LogP contribution in [0.4, 0.5) is 4.39 Å². The van der Waals surface area contributed by atoms with Crippen molar-refractivity contribution in [1.82, 2.24) is 14.5 Å². The Morgan fingerprint density at radius 2 is 1.69 bits per heavy atom. The minimum absolute atomic E-state index is 0.0609. The quantitative estimate of drug-likeness (QED) is 0.230. The molecule has 1 atom stereocenters. The van der Waals surface area contributed by atoms with E-state index in [-0.39, 0.29) is 34.0 Å². The van der Waals surface area contributed by atoms with Crippen LogP contribution in [0.15, 0.2) is 93.5 Å². The van der Waals surface area contributed by atoms with Crippen LogP contribution >= 0.6 is 11.6 Å². The number of benzene rings is 3. The lowest BCUT2D eigenvalue weighted by atomic mass is 10.1. The third-order valence-electron chi connectivity index (χ3n) is 6.73. The minimum atomic E-state index is -3.85. The van der Waals surface area contributed by atoms with Gasteiger partial charge in [0.15, 0.2) is 9.84 Å². The molecule has 4 aromatic rings. The lowest BCUT2D eigenvalue weighted by molar-refractivity contribution is -0.137. The normalized spacial score (nSPS) is 12.3. The van der Waals surface area contributed by atoms with Gasteiger partial charge in [-0.05, 0) is 36.7 Å². The fourth-order valence-electron chi connectivity index (χ4n) is 4.67. The van der Waals surface area contributed by atoms with Crippen LogP contribution in [0, 0.1) is 5.82 Å². The topological polar surface area (TPSA) is 127 Å². The summed E-state index contributed by atoms with van der Waals surface area (Å²) in [5, 5.41) is 12.5. The Labute approximate surface area is 246 Å². The van der Waals surface area contributed by atoms with Crippen LogP contribution in [-0.2, 0) is 27.7 Å². The number of carboxylic acid groups (broad SMARTS) is 1. The molecule has 0 amide bonds. The van der Waals surface area contributed by atoms with E-state index in [9.17, 15) is 22.8 Å². The van der Waals surface area contributed by atoms with Crippen molar-refractivity contribution in [1.29, 1.82) is 0 Å². The van der Waals surface area contributed by atoms with Crippen molar-refractivity contribution in [2.24, 2.45) is 0 Å². The van der Waals surface area contributed by atoms with Crippen molar-refractivity contribution >= 4 is 27.4 Å². The molecule has 0 aliphatic rings. The molecule has 0 saturated heterocycles.